The molecule has 0 unspecified atom stereocenters. The van der Waals surface area contributed by atoms with Crippen LogP contribution in [0.3, 0.4) is 0 Å². The van der Waals surface area contributed by atoms with Crippen LogP contribution in [0.1, 0.15) is 66.9 Å². The van der Waals surface area contributed by atoms with E-state index in [0.717, 1.165) is 44.2 Å². The van der Waals surface area contributed by atoms with Crippen LogP contribution in [-0.4, -0.2) is 51.7 Å². The lowest BCUT2D eigenvalue weighted by atomic mass is 9.88. The molecule has 3 atom stereocenters. The number of likely N-dealkylation sites (tertiary alicyclic amines) is 2. The van der Waals surface area contributed by atoms with Gasteiger partial charge in [-0.2, -0.15) is 0 Å². The third-order valence-corrected chi connectivity index (χ3v) is 7.70. The zero-order valence-corrected chi connectivity index (χ0v) is 19.8. The van der Waals surface area contributed by atoms with E-state index in [1.807, 2.05) is 47.4 Å². The summed E-state index contributed by atoms with van der Waals surface area (Å²) >= 11 is 0. The van der Waals surface area contributed by atoms with Gasteiger partial charge in [-0.05, 0) is 62.3 Å². The summed E-state index contributed by atoms with van der Waals surface area (Å²) in [5.74, 6) is 0.277. The molecule has 5 rings (SSSR count). The molecule has 34 heavy (non-hydrogen) atoms. The van der Waals surface area contributed by atoms with Crippen molar-refractivity contribution < 1.29 is 14.4 Å². The zero-order valence-electron chi connectivity index (χ0n) is 19.8. The summed E-state index contributed by atoms with van der Waals surface area (Å²) in [6.07, 6.45) is 5.12. The molecule has 3 amide bonds. The number of nitrogens with zero attached hydrogens (tertiary/aromatic N) is 2. The van der Waals surface area contributed by atoms with Gasteiger partial charge in [-0.25, -0.2) is 0 Å². The first-order chi connectivity index (χ1) is 16.4. The topological polar surface area (TPSA) is 69.7 Å². The molecule has 2 aromatic carbocycles. The minimum absolute atomic E-state index is 0.00659. The van der Waals surface area contributed by atoms with Crippen molar-refractivity contribution >= 4 is 17.7 Å². The number of fused-ring (bicyclic) bond motifs is 1. The van der Waals surface area contributed by atoms with Gasteiger partial charge >= 0.3 is 0 Å². The summed E-state index contributed by atoms with van der Waals surface area (Å²) in [6, 6.07) is 18.0. The Kier molecular flexibility index (Phi) is 6.15. The summed E-state index contributed by atoms with van der Waals surface area (Å²) in [5, 5.41) is 3.26. The van der Waals surface area contributed by atoms with Gasteiger partial charge in [0.25, 0.3) is 5.91 Å². The first-order valence-corrected chi connectivity index (χ1v) is 12.5. The molecule has 178 valence electrons. The van der Waals surface area contributed by atoms with Gasteiger partial charge in [0.2, 0.25) is 11.8 Å². The SMILES string of the molecule is C[C@]12C[C@@H](Cc3ccccc3)N(C(=O)c3cccc(CN4CCCC4=O)c3)[C@H]1CCCC(=O)N2. The Morgan fingerprint density at radius 2 is 1.82 bits per heavy atom. The van der Waals surface area contributed by atoms with Gasteiger partial charge < -0.3 is 15.1 Å². The molecule has 2 aromatic rings. The highest BCUT2D eigenvalue weighted by Crippen LogP contribution is 2.40. The fourth-order valence-electron chi connectivity index (χ4n) is 6.12. The molecule has 0 bridgehead atoms. The van der Waals surface area contributed by atoms with E-state index in [2.05, 4.69) is 29.3 Å². The van der Waals surface area contributed by atoms with Gasteiger partial charge in [0.1, 0.15) is 0 Å². The van der Waals surface area contributed by atoms with Crippen LogP contribution in [0.15, 0.2) is 54.6 Å². The molecule has 0 radical (unpaired) electrons. The van der Waals surface area contributed by atoms with Crippen LogP contribution in [0, 0.1) is 0 Å². The molecule has 0 saturated carbocycles. The van der Waals surface area contributed by atoms with Crippen molar-refractivity contribution in [3.63, 3.8) is 0 Å². The number of benzene rings is 2. The van der Waals surface area contributed by atoms with E-state index in [1.165, 1.54) is 5.56 Å². The second-order valence-electron chi connectivity index (χ2n) is 10.3. The van der Waals surface area contributed by atoms with E-state index in [1.54, 1.807) is 0 Å². The molecular formula is C28H33N3O3. The largest absolute Gasteiger partial charge is 0.349 e. The average Bonchev–Trinajstić information content (AvgIpc) is 3.29. The maximum absolute atomic E-state index is 14.0. The standard InChI is InChI=1S/C28H33N3O3/c1-28-18-23(17-20-8-3-2-4-9-20)31(24(28)12-6-13-25(32)29-28)27(34)22-11-5-10-21(16-22)19-30-15-7-14-26(30)33/h2-5,8-11,16,23-24H,6-7,12-15,17-19H2,1H3,(H,29,32)/t23-,24+,28+/m1/s1. The van der Waals surface area contributed by atoms with Gasteiger partial charge in [-0.3, -0.25) is 14.4 Å². The van der Waals surface area contributed by atoms with Crippen molar-refractivity contribution in [2.24, 2.45) is 0 Å². The van der Waals surface area contributed by atoms with Gasteiger partial charge in [0.05, 0.1) is 11.6 Å². The highest BCUT2D eigenvalue weighted by Gasteiger charge is 2.52. The van der Waals surface area contributed by atoms with Crippen LogP contribution in [0.2, 0.25) is 0 Å². The fourth-order valence-corrected chi connectivity index (χ4v) is 6.12. The molecule has 3 saturated heterocycles. The van der Waals surface area contributed by atoms with Crippen LogP contribution >= 0.6 is 0 Å². The zero-order chi connectivity index (χ0) is 23.7. The molecule has 3 aliphatic rings. The summed E-state index contributed by atoms with van der Waals surface area (Å²) in [7, 11) is 0. The number of carbonyl (C=O) groups is 3. The van der Waals surface area contributed by atoms with Crippen LogP contribution < -0.4 is 5.32 Å². The predicted molar refractivity (Wildman–Crippen MR) is 130 cm³/mol. The van der Waals surface area contributed by atoms with Gasteiger partial charge in [-0.15, -0.1) is 0 Å². The van der Waals surface area contributed by atoms with Crippen molar-refractivity contribution in [3.05, 3.63) is 71.3 Å². The number of carbonyl (C=O) groups excluding carboxylic acids is 3. The minimum Gasteiger partial charge on any atom is -0.349 e. The van der Waals surface area contributed by atoms with Crippen LogP contribution in [-0.2, 0) is 22.6 Å². The second-order valence-corrected chi connectivity index (χ2v) is 10.3. The quantitative estimate of drug-likeness (QED) is 0.741. The Bertz CT molecular complexity index is 1090. The lowest BCUT2D eigenvalue weighted by Gasteiger charge is -2.35. The molecule has 6 heteroatoms. The normalized spacial score (nSPS) is 26.9. The molecule has 3 heterocycles. The maximum atomic E-state index is 14.0. The Hall–Kier alpha value is -3.15. The molecule has 3 aliphatic heterocycles. The highest BCUT2D eigenvalue weighted by molar-refractivity contribution is 5.95. The van der Waals surface area contributed by atoms with E-state index in [-0.39, 0.29) is 29.8 Å². The lowest BCUT2D eigenvalue weighted by Crippen LogP contribution is -2.54. The van der Waals surface area contributed by atoms with Crippen LogP contribution in [0.25, 0.3) is 0 Å². The number of rotatable bonds is 5. The van der Waals surface area contributed by atoms with Gasteiger partial charge in [0.15, 0.2) is 0 Å². The van der Waals surface area contributed by atoms with Crippen LogP contribution in [0.4, 0.5) is 0 Å². The third kappa shape index (κ3) is 4.46. The molecule has 6 nitrogen and oxygen atoms in total. The Morgan fingerprint density at radius 3 is 2.59 bits per heavy atom. The number of nitrogens with one attached hydrogen (secondary N) is 1. The molecule has 0 spiro atoms. The van der Waals surface area contributed by atoms with E-state index in [4.69, 9.17) is 0 Å². The van der Waals surface area contributed by atoms with E-state index < -0.39 is 5.54 Å². The molecule has 1 N–H and O–H groups in total. The summed E-state index contributed by atoms with van der Waals surface area (Å²) < 4.78 is 0. The highest BCUT2D eigenvalue weighted by atomic mass is 16.2. The Balaban J connectivity index is 1.44. The van der Waals surface area contributed by atoms with Crippen molar-refractivity contribution in [2.45, 2.75) is 76.0 Å². The fraction of sp³-hybridized carbons (Fsp3) is 0.464. The summed E-state index contributed by atoms with van der Waals surface area (Å²) in [4.78, 5) is 42.5. The molecular weight excluding hydrogens is 426 g/mol. The van der Waals surface area contributed by atoms with Crippen molar-refractivity contribution in [1.29, 1.82) is 0 Å². The lowest BCUT2D eigenvalue weighted by molar-refractivity contribution is -0.128. The van der Waals surface area contributed by atoms with Crippen molar-refractivity contribution in [1.82, 2.24) is 15.1 Å². The second kappa shape index (κ2) is 9.24. The number of hydrogen-bond acceptors (Lipinski definition) is 3. The Labute approximate surface area is 201 Å². The first-order valence-electron chi connectivity index (χ1n) is 12.5. The first kappa shape index (κ1) is 22.6. The van der Waals surface area contributed by atoms with E-state index >= 15 is 0 Å². The number of hydrogen-bond donors (Lipinski definition) is 1. The summed E-state index contributed by atoms with van der Waals surface area (Å²) in [6.45, 7) is 3.43. The maximum Gasteiger partial charge on any atom is 0.254 e. The predicted octanol–water partition coefficient (Wildman–Crippen LogP) is 3.69. The smallest absolute Gasteiger partial charge is 0.254 e. The molecule has 3 fully saturated rings. The molecule has 0 aromatic heterocycles. The average molecular weight is 460 g/mol. The van der Waals surface area contributed by atoms with Crippen molar-refractivity contribution in [2.75, 3.05) is 6.54 Å². The third-order valence-electron chi connectivity index (χ3n) is 7.70. The van der Waals surface area contributed by atoms with Gasteiger partial charge in [-0.1, -0.05) is 42.5 Å². The molecule has 0 aliphatic carbocycles. The monoisotopic (exact) mass is 459 g/mol. The van der Waals surface area contributed by atoms with Crippen LogP contribution in [0.5, 0.6) is 0 Å². The summed E-state index contributed by atoms with van der Waals surface area (Å²) in [5.41, 5.74) is 2.40. The van der Waals surface area contributed by atoms with E-state index in [0.29, 0.717) is 24.9 Å². The van der Waals surface area contributed by atoms with Gasteiger partial charge in [0, 0.05) is 37.5 Å². The van der Waals surface area contributed by atoms with Crippen molar-refractivity contribution in [3.8, 4) is 0 Å². The van der Waals surface area contributed by atoms with E-state index in [9.17, 15) is 14.4 Å². The number of amides is 3. The minimum atomic E-state index is -0.428. The Morgan fingerprint density at radius 1 is 1.03 bits per heavy atom.